The van der Waals surface area contributed by atoms with Crippen LogP contribution in [0.15, 0.2) is 0 Å². The third-order valence-electron chi connectivity index (χ3n) is 2.88. The largest absolute Gasteiger partial charge is 0.378 e. The molecule has 0 amide bonds. The molecule has 0 aliphatic heterocycles. The number of nitrogens with zero attached hydrogens (tertiary/aromatic N) is 2. The molecular formula is C16H38N2O2. The molecule has 0 aromatic rings. The van der Waals surface area contributed by atoms with Gasteiger partial charge >= 0.3 is 0 Å². The monoisotopic (exact) mass is 290 g/mol. The highest BCUT2D eigenvalue weighted by Gasteiger charge is 2.12. The molecule has 0 rings (SSSR count). The maximum Gasteiger partial charge on any atom is 0.0701 e. The first-order valence-electron chi connectivity index (χ1n) is 8.01. The minimum absolute atomic E-state index is 0.574. The Morgan fingerprint density at radius 1 is 0.700 bits per heavy atom. The van der Waals surface area contributed by atoms with Crippen molar-refractivity contribution in [2.45, 2.75) is 53.6 Å². The average molecular weight is 290 g/mol. The molecule has 0 heterocycles. The van der Waals surface area contributed by atoms with Crippen molar-refractivity contribution in [1.82, 2.24) is 9.80 Å². The summed E-state index contributed by atoms with van der Waals surface area (Å²) >= 11 is 0. The zero-order valence-electron chi connectivity index (χ0n) is 15.1. The van der Waals surface area contributed by atoms with Crippen LogP contribution in [0.2, 0.25) is 0 Å². The Bertz CT molecular complexity index is 177. The standard InChI is InChI=1S/C14H32N2O2.C2H6/c1-13(2)16(14(3)4)8-10-18-12-11-17-9-7-15(5)6;1-2/h13-14H,7-12H2,1-6H3;1-2H3. The first kappa shape index (κ1) is 22.1. The number of ether oxygens (including phenoxy) is 2. The Hall–Kier alpha value is -0.160. The topological polar surface area (TPSA) is 24.9 Å². The molecule has 0 spiro atoms. The summed E-state index contributed by atoms with van der Waals surface area (Å²) in [5, 5.41) is 0. The number of hydrogen-bond donors (Lipinski definition) is 0. The van der Waals surface area contributed by atoms with Crippen LogP contribution in [0.1, 0.15) is 41.5 Å². The van der Waals surface area contributed by atoms with Crippen LogP contribution in [0, 0.1) is 0 Å². The maximum atomic E-state index is 5.59. The predicted molar refractivity (Wildman–Crippen MR) is 88.5 cm³/mol. The summed E-state index contributed by atoms with van der Waals surface area (Å²) < 4.78 is 11.1. The molecule has 124 valence electrons. The molecule has 0 bridgehead atoms. The Kier molecular flexibility index (Phi) is 16.9. The second kappa shape index (κ2) is 15.2. The lowest BCUT2D eigenvalue weighted by molar-refractivity contribution is 0.0273. The van der Waals surface area contributed by atoms with Crippen molar-refractivity contribution < 1.29 is 9.47 Å². The number of likely N-dealkylation sites (N-methyl/N-ethyl adjacent to an activating group) is 1. The normalized spacial score (nSPS) is 11.4. The van der Waals surface area contributed by atoms with Gasteiger partial charge in [-0.15, -0.1) is 0 Å². The predicted octanol–water partition coefficient (Wildman–Crippen LogP) is 2.73. The molecule has 0 saturated carbocycles. The van der Waals surface area contributed by atoms with Crippen LogP contribution in [-0.4, -0.2) is 75.5 Å². The van der Waals surface area contributed by atoms with E-state index in [1.807, 2.05) is 27.9 Å². The van der Waals surface area contributed by atoms with E-state index in [4.69, 9.17) is 9.47 Å². The van der Waals surface area contributed by atoms with E-state index in [1.54, 1.807) is 0 Å². The fourth-order valence-corrected chi connectivity index (χ4v) is 1.85. The van der Waals surface area contributed by atoms with Crippen LogP contribution >= 0.6 is 0 Å². The van der Waals surface area contributed by atoms with Crippen molar-refractivity contribution in [3.8, 4) is 0 Å². The summed E-state index contributed by atoms with van der Waals surface area (Å²) in [5.74, 6) is 0. The lowest BCUT2D eigenvalue weighted by Crippen LogP contribution is -2.39. The molecule has 0 N–H and O–H groups in total. The average Bonchev–Trinajstić information content (AvgIpc) is 2.38. The van der Waals surface area contributed by atoms with Gasteiger partial charge in [0.1, 0.15) is 0 Å². The molecule has 0 fully saturated rings. The Morgan fingerprint density at radius 3 is 1.45 bits per heavy atom. The smallest absolute Gasteiger partial charge is 0.0701 e. The minimum Gasteiger partial charge on any atom is -0.378 e. The molecule has 0 aromatic heterocycles. The van der Waals surface area contributed by atoms with Crippen molar-refractivity contribution in [2.75, 3.05) is 53.6 Å². The molecule has 0 aliphatic carbocycles. The first-order chi connectivity index (χ1) is 9.45. The zero-order chi connectivity index (χ0) is 16.0. The highest BCUT2D eigenvalue weighted by molar-refractivity contribution is 4.66. The highest BCUT2D eigenvalue weighted by atomic mass is 16.5. The van der Waals surface area contributed by atoms with Crippen LogP contribution in [0.4, 0.5) is 0 Å². The van der Waals surface area contributed by atoms with Crippen LogP contribution in [-0.2, 0) is 9.47 Å². The van der Waals surface area contributed by atoms with Gasteiger partial charge in [0.15, 0.2) is 0 Å². The third kappa shape index (κ3) is 14.3. The maximum absolute atomic E-state index is 5.59. The van der Waals surface area contributed by atoms with Gasteiger partial charge in [-0.25, -0.2) is 0 Å². The third-order valence-corrected chi connectivity index (χ3v) is 2.88. The lowest BCUT2D eigenvalue weighted by atomic mass is 10.2. The number of rotatable bonds is 11. The van der Waals surface area contributed by atoms with E-state index < -0.39 is 0 Å². The first-order valence-corrected chi connectivity index (χ1v) is 8.01. The molecule has 0 saturated heterocycles. The Morgan fingerprint density at radius 2 is 1.10 bits per heavy atom. The van der Waals surface area contributed by atoms with E-state index in [1.165, 1.54) is 0 Å². The molecule has 20 heavy (non-hydrogen) atoms. The Balaban J connectivity index is 0. The van der Waals surface area contributed by atoms with Gasteiger partial charge in [-0.3, -0.25) is 4.90 Å². The van der Waals surface area contributed by atoms with Gasteiger partial charge in [-0.05, 0) is 41.8 Å². The summed E-state index contributed by atoms with van der Waals surface area (Å²) in [6, 6.07) is 1.15. The summed E-state index contributed by atoms with van der Waals surface area (Å²) in [6.45, 7) is 17.8. The Labute approximate surface area is 127 Å². The van der Waals surface area contributed by atoms with Gasteiger partial charge < -0.3 is 14.4 Å². The van der Waals surface area contributed by atoms with Gasteiger partial charge in [0, 0.05) is 25.2 Å². The van der Waals surface area contributed by atoms with Crippen molar-refractivity contribution in [3.05, 3.63) is 0 Å². The van der Waals surface area contributed by atoms with E-state index in [0.29, 0.717) is 25.3 Å². The minimum atomic E-state index is 0.574. The van der Waals surface area contributed by atoms with Crippen molar-refractivity contribution in [2.24, 2.45) is 0 Å². The van der Waals surface area contributed by atoms with Crippen LogP contribution in [0.3, 0.4) is 0 Å². The van der Waals surface area contributed by atoms with Gasteiger partial charge in [0.25, 0.3) is 0 Å². The second-order valence-electron chi connectivity index (χ2n) is 5.45. The summed E-state index contributed by atoms with van der Waals surface area (Å²) in [5.41, 5.74) is 0. The van der Waals surface area contributed by atoms with Gasteiger partial charge in [0.05, 0.1) is 26.4 Å². The molecule has 4 nitrogen and oxygen atoms in total. The lowest BCUT2D eigenvalue weighted by Gasteiger charge is -2.30. The molecule has 0 aromatic carbocycles. The molecule has 4 heteroatoms. The summed E-state index contributed by atoms with van der Waals surface area (Å²) in [4.78, 5) is 4.55. The van der Waals surface area contributed by atoms with E-state index in [0.717, 1.165) is 26.3 Å². The number of hydrogen-bond acceptors (Lipinski definition) is 4. The summed E-state index contributed by atoms with van der Waals surface area (Å²) in [6.07, 6.45) is 0. The fourth-order valence-electron chi connectivity index (χ4n) is 1.85. The molecular weight excluding hydrogens is 252 g/mol. The van der Waals surface area contributed by atoms with Crippen molar-refractivity contribution >= 4 is 0 Å². The highest BCUT2D eigenvalue weighted by Crippen LogP contribution is 2.03. The molecule has 0 aliphatic rings. The van der Waals surface area contributed by atoms with Crippen LogP contribution < -0.4 is 0 Å². The quantitative estimate of drug-likeness (QED) is 0.546. The van der Waals surface area contributed by atoms with E-state index in [-0.39, 0.29) is 0 Å². The van der Waals surface area contributed by atoms with Gasteiger partial charge in [-0.1, -0.05) is 13.8 Å². The van der Waals surface area contributed by atoms with Crippen LogP contribution in [0.5, 0.6) is 0 Å². The van der Waals surface area contributed by atoms with Crippen molar-refractivity contribution in [1.29, 1.82) is 0 Å². The van der Waals surface area contributed by atoms with Crippen molar-refractivity contribution in [3.63, 3.8) is 0 Å². The molecule has 0 atom stereocenters. The fraction of sp³-hybridized carbons (Fsp3) is 1.00. The van der Waals surface area contributed by atoms with Crippen LogP contribution in [0.25, 0.3) is 0 Å². The van der Waals surface area contributed by atoms with Gasteiger partial charge in [0.2, 0.25) is 0 Å². The SMILES string of the molecule is CC.CC(C)N(CCOCCOCCN(C)C)C(C)C. The summed E-state index contributed by atoms with van der Waals surface area (Å²) in [7, 11) is 4.10. The van der Waals surface area contributed by atoms with E-state index in [9.17, 15) is 0 Å². The zero-order valence-corrected chi connectivity index (χ0v) is 15.1. The second-order valence-corrected chi connectivity index (χ2v) is 5.45. The molecule has 0 radical (unpaired) electrons. The van der Waals surface area contributed by atoms with Gasteiger partial charge in [-0.2, -0.15) is 0 Å². The van der Waals surface area contributed by atoms with E-state index >= 15 is 0 Å². The van der Waals surface area contributed by atoms with E-state index in [2.05, 4.69) is 37.5 Å². The molecule has 0 unspecified atom stereocenters.